The molecule has 1 saturated heterocycles. The zero-order chi connectivity index (χ0) is 18.1. The summed E-state index contributed by atoms with van der Waals surface area (Å²) >= 11 is 0. The minimum atomic E-state index is -0.348. The number of nitrogens with zero attached hydrogens (tertiary/aromatic N) is 4. The van der Waals surface area contributed by atoms with Crippen LogP contribution in [-0.4, -0.2) is 45.5 Å². The Balaban J connectivity index is 1.34. The fraction of sp³-hybridized carbons (Fsp3) is 0.526. The van der Waals surface area contributed by atoms with Crippen LogP contribution in [0.4, 0.5) is 4.39 Å². The van der Waals surface area contributed by atoms with Gasteiger partial charge in [0.15, 0.2) is 0 Å². The molecule has 0 N–H and O–H groups in total. The summed E-state index contributed by atoms with van der Waals surface area (Å²) in [4.78, 5) is 14.3. The summed E-state index contributed by atoms with van der Waals surface area (Å²) in [5.41, 5.74) is 1.75. The average molecular weight is 358 g/mol. The Bertz CT molecular complexity index is 803. The SMILES string of the molecule is Cc1ccc(C(=O)N2CCC(n3cc(COCC4CC4)nn3)C2)cc1F. The zero-order valence-corrected chi connectivity index (χ0v) is 14.9. The summed E-state index contributed by atoms with van der Waals surface area (Å²) < 4.78 is 21.2. The van der Waals surface area contributed by atoms with Crippen molar-refractivity contribution in [2.75, 3.05) is 19.7 Å². The first-order chi connectivity index (χ1) is 12.6. The van der Waals surface area contributed by atoms with E-state index in [1.807, 2.05) is 10.9 Å². The number of aromatic nitrogens is 3. The number of amides is 1. The van der Waals surface area contributed by atoms with Crippen LogP contribution in [0, 0.1) is 18.7 Å². The fourth-order valence-corrected chi connectivity index (χ4v) is 3.22. The van der Waals surface area contributed by atoms with E-state index < -0.39 is 0 Å². The molecule has 2 aliphatic rings. The second-order valence-corrected chi connectivity index (χ2v) is 7.31. The lowest BCUT2D eigenvalue weighted by Crippen LogP contribution is -2.29. The van der Waals surface area contributed by atoms with E-state index in [-0.39, 0.29) is 17.8 Å². The highest BCUT2D eigenvalue weighted by Crippen LogP contribution is 2.29. The molecule has 0 spiro atoms. The van der Waals surface area contributed by atoms with E-state index in [4.69, 9.17) is 4.74 Å². The van der Waals surface area contributed by atoms with E-state index in [0.717, 1.165) is 24.6 Å². The second kappa shape index (κ2) is 7.15. The van der Waals surface area contributed by atoms with Crippen LogP contribution in [0.5, 0.6) is 0 Å². The Morgan fingerprint density at radius 2 is 2.19 bits per heavy atom. The third-order valence-electron chi connectivity index (χ3n) is 5.10. The highest BCUT2D eigenvalue weighted by atomic mass is 19.1. The lowest BCUT2D eigenvalue weighted by Gasteiger charge is -2.16. The van der Waals surface area contributed by atoms with Crippen molar-refractivity contribution in [2.24, 2.45) is 5.92 Å². The predicted molar refractivity (Wildman–Crippen MR) is 93.1 cm³/mol. The average Bonchev–Trinajstić information content (AvgIpc) is 3.13. The van der Waals surface area contributed by atoms with Gasteiger partial charge in [0, 0.05) is 25.3 Å². The van der Waals surface area contributed by atoms with Crippen molar-refractivity contribution >= 4 is 5.91 Å². The first kappa shape index (κ1) is 17.1. The third kappa shape index (κ3) is 3.77. The molecule has 6 nitrogen and oxygen atoms in total. The van der Waals surface area contributed by atoms with E-state index in [0.29, 0.717) is 30.8 Å². The van der Waals surface area contributed by atoms with Crippen LogP contribution >= 0.6 is 0 Å². The predicted octanol–water partition coefficient (Wildman–Crippen LogP) is 2.74. The van der Waals surface area contributed by atoms with E-state index >= 15 is 0 Å². The van der Waals surface area contributed by atoms with Gasteiger partial charge in [0.2, 0.25) is 0 Å². The van der Waals surface area contributed by atoms with E-state index in [1.54, 1.807) is 24.0 Å². The van der Waals surface area contributed by atoms with Crippen LogP contribution in [0.3, 0.4) is 0 Å². The maximum atomic E-state index is 13.7. The minimum Gasteiger partial charge on any atom is -0.375 e. The quantitative estimate of drug-likeness (QED) is 0.797. The number of carbonyl (C=O) groups is 1. The number of carbonyl (C=O) groups excluding carboxylic acids is 1. The Morgan fingerprint density at radius 3 is 2.96 bits per heavy atom. The summed E-state index contributed by atoms with van der Waals surface area (Å²) in [7, 11) is 0. The molecule has 4 rings (SSSR count). The van der Waals surface area contributed by atoms with Crippen LogP contribution in [0.15, 0.2) is 24.4 Å². The van der Waals surface area contributed by atoms with Crippen molar-refractivity contribution in [1.82, 2.24) is 19.9 Å². The molecule has 2 fully saturated rings. The highest BCUT2D eigenvalue weighted by molar-refractivity contribution is 5.94. The fourth-order valence-electron chi connectivity index (χ4n) is 3.22. The number of hydrogen-bond donors (Lipinski definition) is 0. The Kier molecular flexibility index (Phi) is 4.72. The molecule has 1 saturated carbocycles. The molecule has 1 aromatic heterocycles. The minimum absolute atomic E-state index is 0.0962. The number of likely N-dealkylation sites (tertiary alicyclic amines) is 1. The Hall–Kier alpha value is -2.28. The third-order valence-corrected chi connectivity index (χ3v) is 5.10. The molecule has 1 aliphatic heterocycles. The van der Waals surface area contributed by atoms with Gasteiger partial charge in [0.25, 0.3) is 5.91 Å². The van der Waals surface area contributed by atoms with Gasteiger partial charge in [-0.1, -0.05) is 11.3 Å². The van der Waals surface area contributed by atoms with Crippen molar-refractivity contribution in [3.05, 3.63) is 47.0 Å². The maximum Gasteiger partial charge on any atom is 0.254 e. The lowest BCUT2D eigenvalue weighted by molar-refractivity contribution is 0.0786. The highest BCUT2D eigenvalue weighted by Gasteiger charge is 2.29. The second-order valence-electron chi connectivity index (χ2n) is 7.31. The molecule has 0 bridgehead atoms. The standard InChI is InChI=1S/C19H23FN4O2/c1-13-2-5-15(8-18(13)20)19(25)23-7-6-17(10-23)24-9-16(21-22-24)12-26-11-14-3-4-14/h2,5,8-9,14,17H,3-4,6-7,10-12H2,1H3. The first-order valence-corrected chi connectivity index (χ1v) is 9.14. The topological polar surface area (TPSA) is 60.2 Å². The lowest BCUT2D eigenvalue weighted by atomic mass is 10.1. The molecule has 1 atom stereocenters. The molecule has 0 radical (unpaired) electrons. The van der Waals surface area contributed by atoms with Gasteiger partial charge < -0.3 is 9.64 Å². The summed E-state index contributed by atoms with van der Waals surface area (Å²) in [5, 5.41) is 8.35. The van der Waals surface area contributed by atoms with Gasteiger partial charge in [-0.2, -0.15) is 0 Å². The first-order valence-electron chi connectivity index (χ1n) is 9.14. The number of benzene rings is 1. The molecule has 1 unspecified atom stereocenters. The normalized spacial score (nSPS) is 19.9. The summed E-state index contributed by atoms with van der Waals surface area (Å²) in [6, 6.07) is 4.73. The van der Waals surface area contributed by atoms with Crippen LogP contribution in [0.2, 0.25) is 0 Å². The van der Waals surface area contributed by atoms with Gasteiger partial charge in [-0.15, -0.1) is 5.10 Å². The van der Waals surface area contributed by atoms with Gasteiger partial charge in [0.1, 0.15) is 11.5 Å². The summed E-state index contributed by atoms with van der Waals surface area (Å²) in [5.74, 6) is 0.240. The van der Waals surface area contributed by atoms with E-state index in [9.17, 15) is 9.18 Å². The molecule has 1 aromatic carbocycles. The number of ether oxygens (including phenoxy) is 1. The molecule has 2 aromatic rings. The van der Waals surface area contributed by atoms with Crippen LogP contribution < -0.4 is 0 Å². The monoisotopic (exact) mass is 358 g/mol. The smallest absolute Gasteiger partial charge is 0.254 e. The van der Waals surface area contributed by atoms with E-state index in [1.165, 1.54) is 18.9 Å². The number of hydrogen-bond acceptors (Lipinski definition) is 4. The molecular formula is C19H23FN4O2. The van der Waals surface area contributed by atoms with Gasteiger partial charge >= 0.3 is 0 Å². The molecule has 1 aliphatic carbocycles. The number of rotatable bonds is 6. The Labute approximate surface area is 151 Å². The zero-order valence-electron chi connectivity index (χ0n) is 14.9. The number of halogens is 1. The van der Waals surface area contributed by atoms with Crippen molar-refractivity contribution < 1.29 is 13.9 Å². The maximum absolute atomic E-state index is 13.7. The van der Waals surface area contributed by atoms with Crippen LogP contribution in [-0.2, 0) is 11.3 Å². The van der Waals surface area contributed by atoms with Crippen LogP contribution in [0.1, 0.15) is 46.9 Å². The van der Waals surface area contributed by atoms with E-state index in [2.05, 4.69) is 10.3 Å². The van der Waals surface area contributed by atoms with Crippen molar-refractivity contribution in [2.45, 2.75) is 38.8 Å². The summed E-state index contributed by atoms with van der Waals surface area (Å²) in [6.07, 6.45) is 5.25. The van der Waals surface area contributed by atoms with Gasteiger partial charge in [-0.25, -0.2) is 9.07 Å². The largest absolute Gasteiger partial charge is 0.375 e. The molecule has 26 heavy (non-hydrogen) atoms. The van der Waals surface area contributed by atoms with Gasteiger partial charge in [0.05, 0.1) is 18.8 Å². The van der Waals surface area contributed by atoms with Crippen molar-refractivity contribution in [3.8, 4) is 0 Å². The molecular weight excluding hydrogens is 335 g/mol. The van der Waals surface area contributed by atoms with Gasteiger partial charge in [-0.3, -0.25) is 4.79 Å². The van der Waals surface area contributed by atoms with Gasteiger partial charge in [-0.05, 0) is 49.8 Å². The molecule has 138 valence electrons. The molecule has 1 amide bonds. The molecule has 7 heteroatoms. The number of aryl methyl sites for hydroxylation is 1. The van der Waals surface area contributed by atoms with Crippen molar-refractivity contribution in [1.29, 1.82) is 0 Å². The molecule has 2 heterocycles. The summed E-state index contributed by atoms with van der Waals surface area (Å²) in [6.45, 7) is 4.15. The van der Waals surface area contributed by atoms with Crippen molar-refractivity contribution in [3.63, 3.8) is 0 Å². The van der Waals surface area contributed by atoms with Crippen LogP contribution in [0.25, 0.3) is 0 Å². The Morgan fingerprint density at radius 1 is 1.35 bits per heavy atom.